The van der Waals surface area contributed by atoms with Gasteiger partial charge >= 0.3 is 0 Å². The summed E-state index contributed by atoms with van der Waals surface area (Å²) < 4.78 is 0. The van der Waals surface area contributed by atoms with Crippen LogP contribution in [0.1, 0.15) is 0 Å². The van der Waals surface area contributed by atoms with E-state index in [0.717, 1.165) is 156 Å². The SMILES string of the molecule is c1ccc(N(c2ccccc2)c2ccc(-c3c4ccc(N(c5cc6ccccc6cn5)c5cc6ccccc6cn5)cc4c(-c4ccc(N(c5ccccc5)c5ccccc5)cc4)c4ccc(N(c5cc6ccccc6cn5)c5cc6ccccc6cn5)cc34)cc2)cc1. The minimum atomic E-state index is 0.751. The summed E-state index contributed by atoms with van der Waals surface area (Å²) in [7, 11) is 0. The summed E-state index contributed by atoms with van der Waals surface area (Å²) in [4.78, 5) is 30.0. The number of aromatic nitrogens is 4. The van der Waals surface area contributed by atoms with Crippen LogP contribution < -0.4 is 19.6 Å². The van der Waals surface area contributed by atoms with Crippen LogP contribution in [0.4, 0.5) is 68.8 Å². The van der Waals surface area contributed by atoms with Crippen molar-refractivity contribution in [2.45, 2.75) is 0 Å². The normalized spacial score (nSPS) is 11.4. The molecule has 17 rings (SSSR count). The highest BCUT2D eigenvalue weighted by Crippen LogP contribution is 2.50. The zero-order valence-electron chi connectivity index (χ0n) is 51.1. The highest BCUT2D eigenvalue weighted by Gasteiger charge is 2.26. The maximum absolute atomic E-state index is 5.23. The van der Waals surface area contributed by atoms with Gasteiger partial charge in [0, 0.05) is 91.8 Å². The van der Waals surface area contributed by atoms with Crippen LogP contribution in [0.3, 0.4) is 0 Å². The highest BCUT2D eigenvalue weighted by molar-refractivity contribution is 6.23. The van der Waals surface area contributed by atoms with Crippen molar-refractivity contribution in [3.05, 3.63) is 352 Å². The van der Waals surface area contributed by atoms with Gasteiger partial charge in [-0.05, 0) is 187 Å². The summed E-state index contributed by atoms with van der Waals surface area (Å²) in [6, 6.07) is 117. The van der Waals surface area contributed by atoms with Gasteiger partial charge in [-0.15, -0.1) is 0 Å². The molecule has 17 aromatic rings. The van der Waals surface area contributed by atoms with Gasteiger partial charge in [0.15, 0.2) is 0 Å². The number of fused-ring (bicyclic) bond motifs is 6. The van der Waals surface area contributed by atoms with E-state index < -0.39 is 0 Å². The van der Waals surface area contributed by atoms with Gasteiger partial charge in [-0.3, -0.25) is 9.80 Å². The molecule has 0 amide bonds. The van der Waals surface area contributed by atoms with Crippen LogP contribution in [0.2, 0.25) is 0 Å². The van der Waals surface area contributed by atoms with Crippen molar-refractivity contribution < 1.29 is 0 Å². The molecule has 8 nitrogen and oxygen atoms in total. The average molecular weight is 1200 g/mol. The van der Waals surface area contributed by atoms with Crippen LogP contribution >= 0.6 is 0 Å². The molecule has 0 unspecified atom stereocenters. The average Bonchev–Trinajstić information content (AvgIpc) is 0.724. The first-order valence-corrected chi connectivity index (χ1v) is 31.6. The van der Waals surface area contributed by atoms with Crippen LogP contribution in [-0.4, -0.2) is 19.9 Å². The molecule has 0 bridgehead atoms. The van der Waals surface area contributed by atoms with Gasteiger partial charge in [0.25, 0.3) is 0 Å². The Balaban J connectivity index is 0.949. The quantitative estimate of drug-likeness (QED) is 0.0998. The Bertz CT molecular complexity index is 5050. The number of benzene rings is 13. The number of para-hydroxylation sites is 4. The van der Waals surface area contributed by atoms with E-state index in [9.17, 15) is 0 Å². The Kier molecular flexibility index (Phi) is 14.0. The molecule has 4 aromatic heterocycles. The number of hydrogen-bond donors (Lipinski definition) is 0. The number of anilines is 12. The summed E-state index contributed by atoms with van der Waals surface area (Å²) in [5.41, 5.74) is 12.4. The molecule has 0 saturated heterocycles. The highest BCUT2D eigenvalue weighted by atomic mass is 15.2. The fraction of sp³-hybridized carbons (Fsp3) is 0. The molecule has 0 spiro atoms. The molecule has 0 aliphatic heterocycles. The molecule has 94 heavy (non-hydrogen) atoms. The molecule has 13 aromatic carbocycles. The molecule has 0 N–H and O–H groups in total. The van der Waals surface area contributed by atoms with Gasteiger partial charge in [-0.2, -0.15) is 0 Å². The van der Waals surface area contributed by atoms with Crippen molar-refractivity contribution in [1.29, 1.82) is 0 Å². The molecule has 0 radical (unpaired) electrons. The lowest BCUT2D eigenvalue weighted by molar-refractivity contribution is 1.14. The molecule has 0 fully saturated rings. The van der Waals surface area contributed by atoms with Crippen LogP contribution in [0.5, 0.6) is 0 Å². The zero-order valence-corrected chi connectivity index (χ0v) is 51.1. The van der Waals surface area contributed by atoms with Crippen molar-refractivity contribution in [3.63, 3.8) is 0 Å². The molecule has 8 heteroatoms. The van der Waals surface area contributed by atoms with Crippen molar-refractivity contribution in [3.8, 4) is 22.3 Å². The lowest BCUT2D eigenvalue weighted by atomic mass is 9.85. The summed E-state index contributed by atoms with van der Waals surface area (Å²) in [5.74, 6) is 3.00. The third kappa shape index (κ3) is 10.3. The molecule has 442 valence electrons. The molecular formula is C86H58N8. The van der Waals surface area contributed by atoms with Gasteiger partial charge in [0.1, 0.15) is 23.3 Å². The summed E-state index contributed by atoms with van der Waals surface area (Å²) >= 11 is 0. The van der Waals surface area contributed by atoms with E-state index in [4.69, 9.17) is 19.9 Å². The van der Waals surface area contributed by atoms with E-state index in [-0.39, 0.29) is 0 Å². The number of hydrogen-bond acceptors (Lipinski definition) is 8. The Morgan fingerprint density at radius 2 is 0.404 bits per heavy atom. The Hall–Kier alpha value is -12.8. The van der Waals surface area contributed by atoms with E-state index >= 15 is 0 Å². The zero-order chi connectivity index (χ0) is 62.3. The lowest BCUT2D eigenvalue weighted by Crippen LogP contribution is -2.13. The molecule has 0 aliphatic carbocycles. The number of rotatable bonds is 14. The second kappa shape index (κ2) is 23.9. The maximum atomic E-state index is 5.23. The summed E-state index contributed by atoms with van der Waals surface area (Å²) in [6.45, 7) is 0. The van der Waals surface area contributed by atoms with Gasteiger partial charge < -0.3 is 9.80 Å². The third-order valence-corrected chi connectivity index (χ3v) is 17.9. The van der Waals surface area contributed by atoms with Crippen LogP contribution in [-0.2, 0) is 0 Å². The fourth-order valence-electron chi connectivity index (χ4n) is 13.4. The first kappa shape index (κ1) is 55.3. The van der Waals surface area contributed by atoms with E-state index in [1.807, 2.05) is 24.8 Å². The van der Waals surface area contributed by atoms with E-state index in [0.29, 0.717) is 0 Å². The Morgan fingerprint density at radius 1 is 0.170 bits per heavy atom. The molecular weight excluding hydrogens is 1150 g/mol. The standard InChI is InChI=1S/C86H58N8/c1-5-29-69(30-6-1)91(70-31-7-2-8-32-70)73-41-37-59(38-42-73)85-77-47-45-76(94(83-51-63-23-15-19-27-67(63)57-89-83)84-52-64-24-16-20-28-68(64)58-90-84)54-80(77)86(60-39-43-74(44-40-60)92(71-33-9-3-10-34-71)72-35-11-4-12-36-72)78-48-46-75(53-79(78)85)93(81-49-61-21-13-17-25-65(61)55-87-81)82-50-62-22-14-18-26-66(62)56-88-82/h1-58H. The monoisotopic (exact) mass is 1200 g/mol. The van der Waals surface area contributed by atoms with Crippen molar-refractivity contribution >= 4 is 133 Å². The Morgan fingerprint density at radius 3 is 0.681 bits per heavy atom. The van der Waals surface area contributed by atoms with Gasteiger partial charge in [0.05, 0.1) is 0 Å². The molecule has 0 atom stereocenters. The van der Waals surface area contributed by atoms with Crippen LogP contribution in [0, 0.1) is 0 Å². The van der Waals surface area contributed by atoms with Crippen molar-refractivity contribution in [2.24, 2.45) is 0 Å². The van der Waals surface area contributed by atoms with Gasteiger partial charge in [-0.1, -0.05) is 206 Å². The third-order valence-electron chi connectivity index (χ3n) is 17.9. The van der Waals surface area contributed by atoms with Crippen molar-refractivity contribution in [1.82, 2.24) is 19.9 Å². The number of pyridine rings is 4. The van der Waals surface area contributed by atoms with Crippen LogP contribution in [0.25, 0.3) is 86.9 Å². The molecule has 4 heterocycles. The Labute approximate surface area is 544 Å². The lowest BCUT2D eigenvalue weighted by Gasteiger charge is -2.28. The molecule has 0 saturated carbocycles. The first-order valence-electron chi connectivity index (χ1n) is 31.6. The number of nitrogens with zero attached hydrogens (tertiary/aromatic N) is 8. The summed E-state index contributed by atoms with van der Waals surface area (Å²) in [5, 5.41) is 12.8. The van der Waals surface area contributed by atoms with Crippen molar-refractivity contribution in [2.75, 3.05) is 19.6 Å². The minimum absolute atomic E-state index is 0.751. The van der Waals surface area contributed by atoms with E-state index in [2.05, 4.69) is 347 Å². The second-order valence-electron chi connectivity index (χ2n) is 23.5. The first-order chi connectivity index (χ1) is 46.6. The predicted octanol–water partition coefficient (Wildman–Crippen LogP) is 23.4. The summed E-state index contributed by atoms with van der Waals surface area (Å²) in [6.07, 6.45) is 7.87. The molecule has 0 aliphatic rings. The smallest absolute Gasteiger partial charge is 0.139 e. The second-order valence-corrected chi connectivity index (χ2v) is 23.5. The fourth-order valence-corrected chi connectivity index (χ4v) is 13.4. The maximum Gasteiger partial charge on any atom is 0.139 e. The van der Waals surface area contributed by atoms with Gasteiger partial charge in [-0.25, -0.2) is 19.9 Å². The van der Waals surface area contributed by atoms with Gasteiger partial charge in [0.2, 0.25) is 0 Å². The van der Waals surface area contributed by atoms with E-state index in [1.165, 1.54) is 0 Å². The van der Waals surface area contributed by atoms with Crippen LogP contribution in [0.15, 0.2) is 352 Å². The predicted molar refractivity (Wildman–Crippen MR) is 392 cm³/mol. The van der Waals surface area contributed by atoms with E-state index in [1.54, 1.807) is 0 Å². The topological polar surface area (TPSA) is 64.5 Å². The minimum Gasteiger partial charge on any atom is -0.311 e. The largest absolute Gasteiger partial charge is 0.311 e.